The van der Waals surface area contributed by atoms with Crippen LogP contribution in [-0.4, -0.2) is 18.3 Å². The zero-order valence-electron chi connectivity index (χ0n) is 20.2. The smallest absolute Gasteiger partial charge is 0.456 e. The van der Waals surface area contributed by atoms with Crippen LogP contribution in [0.25, 0.3) is 55.0 Å². The molecule has 0 aliphatic carbocycles. The minimum atomic E-state index is -0.480. The molecular weight excluding hydrogens is 435 g/mol. The molecule has 0 saturated carbocycles. The number of hydrogen-bond acceptors (Lipinski definition) is 4. The Bertz CT molecular complexity index is 1760. The Kier molecular flexibility index (Phi) is 4.16. The van der Waals surface area contributed by atoms with Crippen molar-refractivity contribution in [3.63, 3.8) is 0 Å². The molecular formula is C30H25BO4. The second-order valence-corrected chi connectivity index (χ2v) is 10.4. The van der Waals surface area contributed by atoms with E-state index in [2.05, 4.69) is 70.2 Å². The summed E-state index contributed by atoms with van der Waals surface area (Å²) in [6, 6.07) is 27.0. The van der Waals surface area contributed by atoms with Gasteiger partial charge in [-0.3, -0.25) is 0 Å². The van der Waals surface area contributed by atoms with Gasteiger partial charge in [0.05, 0.1) is 11.2 Å². The summed E-state index contributed by atoms with van der Waals surface area (Å²) in [6.07, 6.45) is 0. The van der Waals surface area contributed by atoms with Gasteiger partial charge in [-0.05, 0) is 74.6 Å². The molecule has 1 aliphatic heterocycles. The second-order valence-electron chi connectivity index (χ2n) is 10.4. The lowest BCUT2D eigenvalue weighted by Crippen LogP contribution is -2.41. The average molecular weight is 460 g/mol. The van der Waals surface area contributed by atoms with E-state index in [1.807, 2.05) is 36.4 Å². The highest BCUT2D eigenvalue weighted by molar-refractivity contribution is 6.62. The van der Waals surface area contributed by atoms with E-state index in [9.17, 15) is 0 Å². The zero-order valence-corrected chi connectivity index (χ0v) is 20.2. The fourth-order valence-corrected chi connectivity index (χ4v) is 5.11. The first-order valence-corrected chi connectivity index (χ1v) is 12.0. The molecule has 0 amide bonds. The van der Waals surface area contributed by atoms with Crippen LogP contribution in [0.3, 0.4) is 0 Å². The Labute approximate surface area is 203 Å². The van der Waals surface area contributed by atoms with E-state index in [0.717, 1.165) is 60.5 Å². The lowest BCUT2D eigenvalue weighted by atomic mass is 9.77. The molecule has 0 unspecified atom stereocenters. The van der Waals surface area contributed by atoms with Crippen LogP contribution in [0.5, 0.6) is 0 Å². The maximum atomic E-state index is 6.39. The van der Waals surface area contributed by atoms with E-state index in [1.54, 1.807) is 0 Å². The Morgan fingerprint density at radius 3 is 1.91 bits per heavy atom. The Hall–Kier alpha value is -3.54. The quantitative estimate of drug-likeness (QED) is 0.252. The van der Waals surface area contributed by atoms with Gasteiger partial charge in [-0.1, -0.05) is 48.5 Å². The topological polar surface area (TPSA) is 44.7 Å². The zero-order chi connectivity index (χ0) is 23.9. The minimum Gasteiger partial charge on any atom is -0.456 e. The Morgan fingerprint density at radius 2 is 1.17 bits per heavy atom. The molecule has 7 rings (SSSR count). The Balaban J connectivity index is 1.48. The number of hydrogen-bond donors (Lipinski definition) is 0. The van der Waals surface area contributed by atoms with Gasteiger partial charge in [0.2, 0.25) is 0 Å². The van der Waals surface area contributed by atoms with Crippen LogP contribution in [0.15, 0.2) is 87.7 Å². The maximum absolute atomic E-state index is 6.39. The molecule has 4 aromatic carbocycles. The lowest BCUT2D eigenvalue weighted by Gasteiger charge is -2.32. The van der Waals surface area contributed by atoms with Gasteiger partial charge in [0.15, 0.2) is 0 Å². The molecule has 35 heavy (non-hydrogen) atoms. The summed E-state index contributed by atoms with van der Waals surface area (Å²) in [5.41, 5.74) is 5.66. The number of rotatable bonds is 2. The van der Waals surface area contributed by atoms with Crippen LogP contribution in [0.2, 0.25) is 0 Å². The molecule has 2 aromatic heterocycles. The van der Waals surface area contributed by atoms with E-state index < -0.39 is 18.3 Å². The highest BCUT2D eigenvalue weighted by atomic mass is 16.7. The molecule has 0 N–H and O–H groups in total. The normalized spacial score (nSPS) is 17.3. The standard InChI is InChI=1S/C30H25BO4/c1-29(2)30(3,4)35-31(34-29)19-16-23(28-22-10-6-8-12-25(22)33-27(28)17-19)18-13-14-21-20-9-5-7-11-24(20)32-26(21)15-18/h5-17H,1-4H3. The van der Waals surface area contributed by atoms with Gasteiger partial charge < -0.3 is 18.1 Å². The van der Waals surface area contributed by atoms with Crippen molar-refractivity contribution in [3.05, 3.63) is 78.9 Å². The third kappa shape index (κ3) is 3.02. The first-order chi connectivity index (χ1) is 16.8. The summed E-state index contributed by atoms with van der Waals surface area (Å²) in [5.74, 6) is 0. The summed E-state index contributed by atoms with van der Waals surface area (Å²) < 4.78 is 25.3. The molecule has 0 spiro atoms. The van der Waals surface area contributed by atoms with Crippen LogP contribution in [0.1, 0.15) is 27.7 Å². The molecule has 5 heteroatoms. The van der Waals surface area contributed by atoms with E-state index >= 15 is 0 Å². The van der Waals surface area contributed by atoms with Crippen LogP contribution in [-0.2, 0) is 9.31 Å². The number of benzene rings is 4. The summed E-state index contributed by atoms with van der Waals surface area (Å²) in [4.78, 5) is 0. The largest absolute Gasteiger partial charge is 0.494 e. The predicted molar refractivity (Wildman–Crippen MR) is 142 cm³/mol. The van der Waals surface area contributed by atoms with Gasteiger partial charge in [-0.25, -0.2) is 0 Å². The average Bonchev–Trinajstić information content (AvgIpc) is 3.46. The van der Waals surface area contributed by atoms with Crippen LogP contribution in [0.4, 0.5) is 0 Å². The van der Waals surface area contributed by atoms with Crippen LogP contribution in [0, 0.1) is 0 Å². The molecule has 0 radical (unpaired) electrons. The second kappa shape index (κ2) is 7.00. The SMILES string of the molecule is CC1(C)OB(c2cc(-c3ccc4c(c3)oc3ccccc34)c3c(c2)oc2ccccc23)OC1(C)C. The molecule has 1 aliphatic rings. The number of fused-ring (bicyclic) bond motifs is 6. The lowest BCUT2D eigenvalue weighted by molar-refractivity contribution is 0.00578. The third-order valence-corrected chi connectivity index (χ3v) is 7.72. The first kappa shape index (κ1) is 20.8. The van der Waals surface area contributed by atoms with Crippen LogP contribution < -0.4 is 5.46 Å². The predicted octanol–water partition coefficient (Wildman–Crippen LogP) is 7.45. The van der Waals surface area contributed by atoms with Gasteiger partial charge in [-0.2, -0.15) is 0 Å². The van der Waals surface area contributed by atoms with Crippen molar-refractivity contribution in [1.82, 2.24) is 0 Å². The van der Waals surface area contributed by atoms with E-state index in [1.165, 1.54) is 0 Å². The van der Waals surface area contributed by atoms with Gasteiger partial charge in [0, 0.05) is 21.5 Å². The fourth-order valence-electron chi connectivity index (χ4n) is 5.11. The molecule has 0 bridgehead atoms. The maximum Gasteiger partial charge on any atom is 0.494 e. The first-order valence-electron chi connectivity index (χ1n) is 12.0. The summed E-state index contributed by atoms with van der Waals surface area (Å²) >= 11 is 0. The summed E-state index contributed by atoms with van der Waals surface area (Å²) in [6.45, 7) is 8.29. The molecule has 3 heterocycles. The van der Waals surface area contributed by atoms with E-state index in [-0.39, 0.29) is 0 Å². The molecule has 1 saturated heterocycles. The molecule has 1 fully saturated rings. The molecule has 4 nitrogen and oxygen atoms in total. The van der Waals surface area contributed by atoms with Gasteiger partial charge in [0.25, 0.3) is 0 Å². The monoisotopic (exact) mass is 460 g/mol. The van der Waals surface area contributed by atoms with E-state index in [0.29, 0.717) is 0 Å². The Morgan fingerprint density at radius 1 is 0.571 bits per heavy atom. The van der Waals surface area contributed by atoms with Gasteiger partial charge in [-0.15, -0.1) is 0 Å². The molecule has 172 valence electrons. The summed E-state index contributed by atoms with van der Waals surface area (Å²) in [7, 11) is -0.480. The van der Waals surface area contributed by atoms with Crippen molar-refractivity contribution < 1.29 is 18.1 Å². The van der Waals surface area contributed by atoms with Crippen molar-refractivity contribution in [1.29, 1.82) is 0 Å². The van der Waals surface area contributed by atoms with E-state index in [4.69, 9.17) is 18.1 Å². The molecule has 6 aromatic rings. The van der Waals surface area contributed by atoms with Crippen molar-refractivity contribution in [3.8, 4) is 11.1 Å². The number of furan rings is 2. The van der Waals surface area contributed by atoms with Gasteiger partial charge in [0.1, 0.15) is 22.3 Å². The fraction of sp³-hybridized carbons (Fsp3) is 0.200. The summed E-state index contributed by atoms with van der Waals surface area (Å²) in [5, 5.41) is 4.40. The van der Waals surface area contributed by atoms with Crippen LogP contribution >= 0.6 is 0 Å². The van der Waals surface area contributed by atoms with Gasteiger partial charge >= 0.3 is 7.12 Å². The van der Waals surface area contributed by atoms with Crippen molar-refractivity contribution in [2.24, 2.45) is 0 Å². The van der Waals surface area contributed by atoms with Crippen molar-refractivity contribution in [2.45, 2.75) is 38.9 Å². The molecule has 0 atom stereocenters. The minimum absolute atomic E-state index is 0.423. The highest BCUT2D eigenvalue weighted by Crippen LogP contribution is 2.40. The van der Waals surface area contributed by atoms with Crippen molar-refractivity contribution in [2.75, 3.05) is 0 Å². The number of para-hydroxylation sites is 2. The van der Waals surface area contributed by atoms with Crippen molar-refractivity contribution >= 4 is 56.5 Å². The highest BCUT2D eigenvalue weighted by Gasteiger charge is 2.52. The third-order valence-electron chi connectivity index (χ3n) is 7.72.